The van der Waals surface area contributed by atoms with Crippen LogP contribution in [0.1, 0.15) is 44.9 Å². The second kappa shape index (κ2) is 8.52. The minimum atomic E-state index is -0.604. The number of carbonyl (C=O) groups is 2. The van der Waals surface area contributed by atoms with Crippen LogP contribution >= 0.6 is 11.3 Å². The highest BCUT2D eigenvalue weighted by atomic mass is 32.1. The number of amides is 2. The van der Waals surface area contributed by atoms with Gasteiger partial charge in [0.05, 0.1) is 5.52 Å². The number of hydrogen-bond acceptors (Lipinski definition) is 5. The molecule has 4 rings (SSSR count). The molecule has 0 aromatic carbocycles. The first-order chi connectivity index (χ1) is 14.0. The number of hydrogen-bond donors (Lipinski definition) is 1. The van der Waals surface area contributed by atoms with E-state index in [1.807, 2.05) is 0 Å². The quantitative estimate of drug-likeness (QED) is 0.792. The molecule has 2 fully saturated rings. The van der Waals surface area contributed by atoms with E-state index in [9.17, 15) is 19.2 Å². The van der Waals surface area contributed by atoms with Gasteiger partial charge in [-0.05, 0) is 43.6 Å². The Kier molecular flexibility index (Phi) is 5.84. The van der Waals surface area contributed by atoms with E-state index in [0.29, 0.717) is 23.3 Å². The van der Waals surface area contributed by atoms with Gasteiger partial charge >= 0.3 is 5.69 Å². The van der Waals surface area contributed by atoms with Crippen LogP contribution in [0.2, 0.25) is 0 Å². The van der Waals surface area contributed by atoms with Crippen molar-refractivity contribution in [3.05, 3.63) is 32.3 Å². The topological polar surface area (TPSA) is 93.4 Å². The summed E-state index contributed by atoms with van der Waals surface area (Å²) in [6.07, 6.45) is 7.09. The standard InChI is InChI=1S/C20H26N4O4S/c25-16(21-14-6-2-3-7-14)12-23-15-8-11-29-18(15)19(27)24(20(23)28)13-17(26)22-9-4-1-5-10-22/h8,11,14H,1-7,9-10,12-13H2,(H,21,25). The maximum atomic E-state index is 13.1. The molecule has 29 heavy (non-hydrogen) atoms. The van der Waals surface area contributed by atoms with Gasteiger partial charge in [-0.25, -0.2) is 9.36 Å². The molecule has 0 unspecified atom stereocenters. The largest absolute Gasteiger partial charge is 0.352 e. The fraction of sp³-hybridized carbons (Fsp3) is 0.600. The van der Waals surface area contributed by atoms with E-state index >= 15 is 0 Å². The summed E-state index contributed by atoms with van der Waals surface area (Å²) in [6.45, 7) is 0.885. The van der Waals surface area contributed by atoms with Crippen LogP contribution in [0.5, 0.6) is 0 Å². The normalized spacial score (nSPS) is 17.7. The van der Waals surface area contributed by atoms with Gasteiger partial charge in [0.1, 0.15) is 17.8 Å². The van der Waals surface area contributed by atoms with Crippen molar-refractivity contribution in [2.24, 2.45) is 0 Å². The van der Waals surface area contributed by atoms with Crippen molar-refractivity contribution < 1.29 is 9.59 Å². The summed E-state index contributed by atoms with van der Waals surface area (Å²) in [7, 11) is 0. The molecule has 2 amide bonds. The third-order valence-corrected chi connectivity index (χ3v) is 6.75. The summed E-state index contributed by atoms with van der Waals surface area (Å²) >= 11 is 1.22. The third-order valence-electron chi connectivity index (χ3n) is 5.86. The lowest BCUT2D eigenvalue weighted by Crippen LogP contribution is -2.47. The Hall–Kier alpha value is -2.42. The third kappa shape index (κ3) is 4.14. The summed E-state index contributed by atoms with van der Waals surface area (Å²) < 4.78 is 2.70. The lowest BCUT2D eigenvalue weighted by atomic mass is 10.1. The first-order valence-corrected chi connectivity index (χ1v) is 11.2. The van der Waals surface area contributed by atoms with Gasteiger partial charge in [0, 0.05) is 19.1 Å². The molecule has 1 saturated heterocycles. The summed E-state index contributed by atoms with van der Waals surface area (Å²) in [5, 5.41) is 4.71. The van der Waals surface area contributed by atoms with Gasteiger partial charge in [-0.15, -0.1) is 11.3 Å². The van der Waals surface area contributed by atoms with E-state index in [-0.39, 0.29) is 30.9 Å². The van der Waals surface area contributed by atoms with Crippen molar-refractivity contribution in [2.75, 3.05) is 13.1 Å². The van der Waals surface area contributed by atoms with Gasteiger partial charge in [0.15, 0.2) is 0 Å². The highest BCUT2D eigenvalue weighted by molar-refractivity contribution is 7.17. The fourth-order valence-corrected chi connectivity index (χ4v) is 5.13. The van der Waals surface area contributed by atoms with Gasteiger partial charge in [-0.1, -0.05) is 12.8 Å². The van der Waals surface area contributed by atoms with E-state index in [4.69, 9.17) is 0 Å². The van der Waals surface area contributed by atoms with Crippen LogP contribution in [0.25, 0.3) is 10.2 Å². The van der Waals surface area contributed by atoms with E-state index in [0.717, 1.165) is 49.5 Å². The van der Waals surface area contributed by atoms with Gasteiger partial charge in [0.2, 0.25) is 11.8 Å². The van der Waals surface area contributed by atoms with Crippen molar-refractivity contribution >= 4 is 33.4 Å². The Bertz CT molecular complexity index is 1030. The van der Waals surface area contributed by atoms with Crippen molar-refractivity contribution in [3.8, 4) is 0 Å². The zero-order valence-electron chi connectivity index (χ0n) is 16.4. The Labute approximate surface area is 172 Å². The molecule has 2 aromatic heterocycles. The smallest absolute Gasteiger partial charge is 0.332 e. The zero-order chi connectivity index (χ0) is 20.4. The van der Waals surface area contributed by atoms with Crippen LogP contribution in [0.4, 0.5) is 0 Å². The van der Waals surface area contributed by atoms with Gasteiger partial charge in [-0.3, -0.25) is 19.0 Å². The predicted octanol–water partition coefficient (Wildman–Crippen LogP) is 1.30. The maximum absolute atomic E-state index is 13.1. The molecule has 0 spiro atoms. The molecule has 0 atom stereocenters. The molecule has 2 aromatic rings. The summed E-state index contributed by atoms with van der Waals surface area (Å²) in [4.78, 5) is 52.8. The Morgan fingerprint density at radius 3 is 2.45 bits per heavy atom. The zero-order valence-corrected chi connectivity index (χ0v) is 17.2. The van der Waals surface area contributed by atoms with Crippen LogP contribution in [0, 0.1) is 0 Å². The van der Waals surface area contributed by atoms with Gasteiger partial charge < -0.3 is 10.2 Å². The molecule has 1 N–H and O–H groups in total. The van der Waals surface area contributed by atoms with E-state index in [1.165, 1.54) is 15.9 Å². The molecule has 3 heterocycles. The first-order valence-electron chi connectivity index (χ1n) is 10.3. The number of rotatable bonds is 5. The molecular weight excluding hydrogens is 392 g/mol. The average Bonchev–Trinajstić information content (AvgIpc) is 3.41. The monoisotopic (exact) mass is 418 g/mol. The Balaban J connectivity index is 1.62. The minimum Gasteiger partial charge on any atom is -0.352 e. The van der Waals surface area contributed by atoms with Crippen LogP contribution in [-0.2, 0) is 22.7 Å². The number of thiophene rings is 1. The van der Waals surface area contributed by atoms with Gasteiger partial charge in [-0.2, -0.15) is 0 Å². The predicted molar refractivity (Wildman–Crippen MR) is 111 cm³/mol. The number of carbonyl (C=O) groups excluding carboxylic acids is 2. The lowest BCUT2D eigenvalue weighted by molar-refractivity contribution is -0.132. The van der Waals surface area contributed by atoms with Crippen molar-refractivity contribution in [1.29, 1.82) is 0 Å². The molecule has 1 aliphatic carbocycles. The van der Waals surface area contributed by atoms with Crippen LogP contribution in [0.3, 0.4) is 0 Å². The lowest BCUT2D eigenvalue weighted by Gasteiger charge is -2.26. The molecule has 8 nitrogen and oxygen atoms in total. The van der Waals surface area contributed by atoms with Crippen molar-refractivity contribution in [1.82, 2.24) is 19.4 Å². The number of aromatic nitrogens is 2. The average molecular weight is 419 g/mol. The molecule has 1 saturated carbocycles. The second-order valence-corrected chi connectivity index (χ2v) is 8.80. The Morgan fingerprint density at radius 2 is 1.72 bits per heavy atom. The molecule has 0 radical (unpaired) electrons. The molecule has 1 aliphatic heterocycles. The Morgan fingerprint density at radius 1 is 1.00 bits per heavy atom. The van der Waals surface area contributed by atoms with Crippen LogP contribution < -0.4 is 16.6 Å². The number of piperidine rings is 1. The molecule has 9 heteroatoms. The minimum absolute atomic E-state index is 0.152. The first kappa shape index (κ1) is 19.9. The van der Waals surface area contributed by atoms with Crippen LogP contribution in [-0.4, -0.2) is 45.0 Å². The summed E-state index contributed by atoms with van der Waals surface area (Å²) in [6, 6.07) is 1.84. The highest BCUT2D eigenvalue weighted by Crippen LogP contribution is 2.18. The number of nitrogens with one attached hydrogen (secondary N) is 1. The van der Waals surface area contributed by atoms with Crippen LogP contribution in [0.15, 0.2) is 21.0 Å². The van der Waals surface area contributed by atoms with E-state index in [2.05, 4.69) is 5.32 Å². The highest BCUT2D eigenvalue weighted by Gasteiger charge is 2.23. The summed E-state index contributed by atoms with van der Waals surface area (Å²) in [5.41, 5.74) is -0.612. The second-order valence-electron chi connectivity index (χ2n) is 7.89. The van der Waals surface area contributed by atoms with E-state index in [1.54, 1.807) is 16.3 Å². The van der Waals surface area contributed by atoms with Gasteiger partial charge in [0.25, 0.3) is 5.56 Å². The maximum Gasteiger partial charge on any atom is 0.332 e. The molecule has 156 valence electrons. The number of likely N-dealkylation sites (tertiary alicyclic amines) is 1. The van der Waals surface area contributed by atoms with Crippen molar-refractivity contribution in [3.63, 3.8) is 0 Å². The number of nitrogens with zero attached hydrogens (tertiary/aromatic N) is 3. The SMILES string of the molecule is O=C(Cn1c(=O)n(CC(=O)N2CCCCC2)c(=O)c2sccc21)NC1CCCC1. The summed E-state index contributed by atoms with van der Waals surface area (Å²) in [5.74, 6) is -0.458. The number of fused-ring (bicyclic) bond motifs is 1. The van der Waals surface area contributed by atoms with Crippen molar-refractivity contribution in [2.45, 2.75) is 64.1 Å². The fourth-order valence-electron chi connectivity index (χ4n) is 4.29. The van der Waals surface area contributed by atoms with E-state index < -0.39 is 11.2 Å². The molecule has 0 bridgehead atoms. The molecular formula is C20H26N4O4S. The molecule has 2 aliphatic rings.